The van der Waals surface area contributed by atoms with E-state index in [4.69, 9.17) is 18.0 Å². The Morgan fingerprint density at radius 2 is 2.00 bits per heavy atom. The van der Waals surface area contributed by atoms with Crippen molar-refractivity contribution >= 4 is 28.8 Å². The largest absolute Gasteiger partial charge is 0.389 e. The van der Waals surface area contributed by atoms with E-state index < -0.39 is 11.9 Å². The zero-order chi connectivity index (χ0) is 15.5. The fourth-order valence-corrected chi connectivity index (χ4v) is 1.69. The van der Waals surface area contributed by atoms with Gasteiger partial charge in [0, 0.05) is 11.1 Å². The standard InChI is InChI=1S/C14H20FN3OS/c1-8(13(19)18-14(2,3)4)17-11-6-5-9(12(16)20)7-10(11)15/h5-8,17H,1-4H3,(H2,16,20)(H,18,19). The van der Waals surface area contributed by atoms with Crippen LogP contribution in [0.4, 0.5) is 10.1 Å². The molecule has 20 heavy (non-hydrogen) atoms. The molecule has 1 aromatic rings. The molecule has 0 heterocycles. The quantitative estimate of drug-likeness (QED) is 0.745. The third-order valence-electron chi connectivity index (χ3n) is 2.52. The van der Waals surface area contributed by atoms with Gasteiger partial charge in [-0.1, -0.05) is 12.2 Å². The number of anilines is 1. The second kappa shape index (κ2) is 6.17. The molecule has 0 saturated heterocycles. The lowest BCUT2D eigenvalue weighted by atomic mass is 10.1. The minimum atomic E-state index is -0.556. The van der Waals surface area contributed by atoms with E-state index in [0.717, 1.165) is 0 Å². The van der Waals surface area contributed by atoms with Gasteiger partial charge in [-0.25, -0.2) is 4.39 Å². The molecule has 1 rings (SSSR count). The first kappa shape index (κ1) is 16.4. The highest BCUT2D eigenvalue weighted by Crippen LogP contribution is 2.17. The summed E-state index contributed by atoms with van der Waals surface area (Å²) >= 11 is 4.78. The van der Waals surface area contributed by atoms with E-state index in [1.807, 2.05) is 20.8 Å². The number of carbonyl (C=O) groups is 1. The van der Waals surface area contributed by atoms with Crippen molar-refractivity contribution in [3.63, 3.8) is 0 Å². The third-order valence-corrected chi connectivity index (χ3v) is 2.75. The van der Waals surface area contributed by atoms with Crippen LogP contribution in [0.15, 0.2) is 18.2 Å². The molecular formula is C14H20FN3OS. The number of halogens is 1. The molecule has 1 unspecified atom stereocenters. The van der Waals surface area contributed by atoms with Gasteiger partial charge >= 0.3 is 0 Å². The van der Waals surface area contributed by atoms with Gasteiger partial charge in [0.15, 0.2) is 0 Å². The number of hydrogen-bond donors (Lipinski definition) is 3. The molecule has 0 radical (unpaired) electrons. The van der Waals surface area contributed by atoms with E-state index >= 15 is 0 Å². The average molecular weight is 297 g/mol. The molecule has 0 aromatic heterocycles. The molecule has 1 amide bonds. The van der Waals surface area contributed by atoms with Crippen LogP contribution >= 0.6 is 12.2 Å². The Morgan fingerprint density at radius 1 is 1.40 bits per heavy atom. The number of amides is 1. The summed E-state index contributed by atoms with van der Waals surface area (Å²) in [6.07, 6.45) is 0. The van der Waals surface area contributed by atoms with E-state index in [-0.39, 0.29) is 22.1 Å². The van der Waals surface area contributed by atoms with Crippen molar-refractivity contribution in [2.75, 3.05) is 5.32 Å². The first-order valence-corrected chi connectivity index (χ1v) is 6.69. The zero-order valence-electron chi connectivity index (χ0n) is 12.1. The molecule has 0 aliphatic heterocycles. The number of rotatable bonds is 4. The summed E-state index contributed by atoms with van der Waals surface area (Å²) in [5.74, 6) is -0.693. The Bertz CT molecular complexity index is 526. The molecule has 0 bridgehead atoms. The first-order chi connectivity index (χ1) is 9.10. The highest BCUT2D eigenvalue weighted by molar-refractivity contribution is 7.80. The second-order valence-electron chi connectivity index (χ2n) is 5.66. The van der Waals surface area contributed by atoms with Crippen molar-refractivity contribution in [3.05, 3.63) is 29.6 Å². The fraction of sp³-hybridized carbons (Fsp3) is 0.429. The highest BCUT2D eigenvalue weighted by atomic mass is 32.1. The fourth-order valence-electron chi connectivity index (χ4n) is 1.56. The molecule has 0 saturated carbocycles. The van der Waals surface area contributed by atoms with Gasteiger partial charge in [-0.3, -0.25) is 4.79 Å². The molecule has 0 aliphatic carbocycles. The first-order valence-electron chi connectivity index (χ1n) is 6.28. The van der Waals surface area contributed by atoms with Gasteiger partial charge in [-0.15, -0.1) is 0 Å². The minimum Gasteiger partial charge on any atom is -0.389 e. The van der Waals surface area contributed by atoms with Crippen LogP contribution in [0.3, 0.4) is 0 Å². The Kier molecular flexibility index (Phi) is 5.05. The highest BCUT2D eigenvalue weighted by Gasteiger charge is 2.20. The number of thiocarbonyl (C=S) groups is 1. The molecule has 4 nitrogen and oxygen atoms in total. The number of nitrogens with two attached hydrogens (primary N) is 1. The van der Waals surface area contributed by atoms with Gasteiger partial charge in [-0.05, 0) is 45.9 Å². The van der Waals surface area contributed by atoms with Crippen molar-refractivity contribution < 1.29 is 9.18 Å². The van der Waals surface area contributed by atoms with E-state index in [1.54, 1.807) is 13.0 Å². The topological polar surface area (TPSA) is 67.1 Å². The van der Waals surface area contributed by atoms with Crippen LogP contribution in [0.5, 0.6) is 0 Å². The van der Waals surface area contributed by atoms with Crippen LogP contribution in [0, 0.1) is 5.82 Å². The summed E-state index contributed by atoms with van der Waals surface area (Å²) in [6.45, 7) is 7.32. The van der Waals surface area contributed by atoms with Crippen molar-refractivity contribution in [1.29, 1.82) is 0 Å². The summed E-state index contributed by atoms with van der Waals surface area (Å²) in [6, 6.07) is 3.82. The Balaban J connectivity index is 2.78. The van der Waals surface area contributed by atoms with E-state index in [1.165, 1.54) is 12.1 Å². The summed E-state index contributed by atoms with van der Waals surface area (Å²) in [5.41, 5.74) is 5.79. The van der Waals surface area contributed by atoms with Crippen LogP contribution in [0.2, 0.25) is 0 Å². The van der Waals surface area contributed by atoms with Gasteiger partial charge in [-0.2, -0.15) is 0 Å². The summed E-state index contributed by atoms with van der Waals surface area (Å²) in [7, 11) is 0. The monoisotopic (exact) mass is 297 g/mol. The summed E-state index contributed by atoms with van der Waals surface area (Å²) < 4.78 is 13.9. The smallest absolute Gasteiger partial charge is 0.242 e. The van der Waals surface area contributed by atoms with Crippen molar-refractivity contribution in [2.24, 2.45) is 5.73 Å². The lowest BCUT2D eigenvalue weighted by Crippen LogP contribution is -2.47. The predicted molar refractivity (Wildman–Crippen MR) is 83.3 cm³/mol. The lowest BCUT2D eigenvalue weighted by Gasteiger charge is -2.24. The maximum Gasteiger partial charge on any atom is 0.242 e. The minimum absolute atomic E-state index is 0.133. The molecule has 0 spiro atoms. The number of carbonyl (C=O) groups excluding carboxylic acids is 1. The van der Waals surface area contributed by atoms with Gasteiger partial charge in [0.05, 0.1) is 5.69 Å². The normalized spacial score (nSPS) is 12.7. The van der Waals surface area contributed by atoms with Crippen molar-refractivity contribution in [3.8, 4) is 0 Å². The molecule has 1 atom stereocenters. The van der Waals surface area contributed by atoms with Gasteiger partial charge in [0.25, 0.3) is 0 Å². The van der Waals surface area contributed by atoms with Crippen LogP contribution in [-0.2, 0) is 4.79 Å². The van der Waals surface area contributed by atoms with Crippen molar-refractivity contribution in [2.45, 2.75) is 39.3 Å². The molecule has 4 N–H and O–H groups in total. The van der Waals surface area contributed by atoms with Gasteiger partial charge < -0.3 is 16.4 Å². The molecule has 0 aliphatic rings. The maximum atomic E-state index is 13.9. The van der Waals surface area contributed by atoms with Crippen molar-refractivity contribution in [1.82, 2.24) is 5.32 Å². The molecule has 0 fully saturated rings. The van der Waals surface area contributed by atoms with Crippen LogP contribution in [0.1, 0.15) is 33.3 Å². The maximum absolute atomic E-state index is 13.9. The molecular weight excluding hydrogens is 277 g/mol. The molecule has 1 aromatic carbocycles. The Hall–Kier alpha value is -1.69. The van der Waals surface area contributed by atoms with E-state index in [9.17, 15) is 9.18 Å². The molecule has 110 valence electrons. The Morgan fingerprint density at radius 3 is 2.45 bits per heavy atom. The summed E-state index contributed by atoms with van der Waals surface area (Å²) in [5, 5.41) is 5.65. The summed E-state index contributed by atoms with van der Waals surface area (Å²) in [4.78, 5) is 12.0. The lowest BCUT2D eigenvalue weighted by molar-refractivity contribution is -0.122. The second-order valence-corrected chi connectivity index (χ2v) is 6.10. The average Bonchev–Trinajstić information content (AvgIpc) is 2.29. The van der Waals surface area contributed by atoms with Crippen LogP contribution < -0.4 is 16.4 Å². The van der Waals surface area contributed by atoms with Crippen LogP contribution in [-0.4, -0.2) is 22.5 Å². The third kappa shape index (κ3) is 4.77. The zero-order valence-corrected chi connectivity index (χ0v) is 12.9. The van der Waals surface area contributed by atoms with Gasteiger partial charge in [0.1, 0.15) is 16.8 Å². The van der Waals surface area contributed by atoms with E-state index in [2.05, 4.69) is 10.6 Å². The SMILES string of the molecule is CC(Nc1ccc(C(N)=S)cc1F)C(=O)NC(C)(C)C. The van der Waals surface area contributed by atoms with E-state index in [0.29, 0.717) is 5.56 Å². The van der Waals surface area contributed by atoms with Crippen LogP contribution in [0.25, 0.3) is 0 Å². The molecule has 6 heteroatoms. The predicted octanol–water partition coefficient (Wildman–Crippen LogP) is 2.17. The Labute approximate surface area is 123 Å². The van der Waals surface area contributed by atoms with Gasteiger partial charge in [0.2, 0.25) is 5.91 Å². The number of nitrogens with one attached hydrogen (secondary N) is 2. The number of hydrogen-bond acceptors (Lipinski definition) is 3. The number of benzene rings is 1.